The van der Waals surface area contributed by atoms with Gasteiger partial charge in [-0.25, -0.2) is 0 Å². The largest absolute Gasteiger partial charge is 0.316 e. The third kappa shape index (κ3) is 4.63. The van der Waals surface area contributed by atoms with Crippen LogP contribution in [0, 0.1) is 19.8 Å². The van der Waals surface area contributed by atoms with Crippen LogP contribution in [0.3, 0.4) is 0 Å². The summed E-state index contributed by atoms with van der Waals surface area (Å²) in [7, 11) is 2.26. The van der Waals surface area contributed by atoms with Gasteiger partial charge in [-0.15, -0.1) is 0 Å². The molecule has 1 saturated heterocycles. The summed E-state index contributed by atoms with van der Waals surface area (Å²) >= 11 is 0. The Kier molecular flexibility index (Phi) is 5.41. The van der Waals surface area contributed by atoms with Gasteiger partial charge in [0.2, 0.25) is 0 Å². The van der Waals surface area contributed by atoms with Crippen molar-refractivity contribution in [2.24, 2.45) is 5.92 Å². The Balaban J connectivity index is 1.79. The van der Waals surface area contributed by atoms with Gasteiger partial charge < -0.3 is 10.2 Å². The molecule has 19 heavy (non-hydrogen) atoms. The smallest absolute Gasteiger partial charge is 0.00190 e. The van der Waals surface area contributed by atoms with Crippen molar-refractivity contribution in [3.05, 3.63) is 34.9 Å². The van der Waals surface area contributed by atoms with E-state index in [1.807, 2.05) is 0 Å². The summed E-state index contributed by atoms with van der Waals surface area (Å²) in [6.07, 6.45) is 3.90. The molecule has 1 fully saturated rings. The zero-order valence-electron chi connectivity index (χ0n) is 12.7. The van der Waals surface area contributed by atoms with E-state index in [2.05, 4.69) is 49.3 Å². The molecule has 1 heterocycles. The van der Waals surface area contributed by atoms with Crippen molar-refractivity contribution in [1.82, 2.24) is 10.2 Å². The molecule has 1 aromatic carbocycles. The number of hydrogen-bond donors (Lipinski definition) is 1. The van der Waals surface area contributed by atoms with E-state index in [-0.39, 0.29) is 0 Å². The number of piperidine rings is 1. The highest BCUT2D eigenvalue weighted by molar-refractivity contribution is 5.30. The van der Waals surface area contributed by atoms with Crippen molar-refractivity contribution in [2.75, 3.05) is 33.2 Å². The van der Waals surface area contributed by atoms with Crippen LogP contribution in [0.4, 0.5) is 0 Å². The van der Waals surface area contributed by atoms with Crippen LogP contribution in [0.1, 0.15) is 29.5 Å². The molecule has 2 nitrogen and oxygen atoms in total. The Morgan fingerprint density at radius 2 is 2.16 bits per heavy atom. The fourth-order valence-corrected chi connectivity index (χ4v) is 2.99. The van der Waals surface area contributed by atoms with Gasteiger partial charge in [0, 0.05) is 13.1 Å². The first-order valence-electron chi connectivity index (χ1n) is 7.60. The summed E-state index contributed by atoms with van der Waals surface area (Å²) in [6.45, 7) is 9.22. The van der Waals surface area contributed by atoms with Gasteiger partial charge in [-0.3, -0.25) is 0 Å². The average Bonchev–Trinajstić information content (AvgIpc) is 2.41. The average molecular weight is 260 g/mol. The summed E-state index contributed by atoms with van der Waals surface area (Å²) in [5.74, 6) is 0.845. The summed E-state index contributed by atoms with van der Waals surface area (Å²) in [5.41, 5.74) is 4.31. The Bertz CT molecular complexity index is 394. The summed E-state index contributed by atoms with van der Waals surface area (Å²) in [6, 6.07) is 6.79. The lowest BCUT2D eigenvalue weighted by Gasteiger charge is -2.27. The Morgan fingerprint density at radius 1 is 1.32 bits per heavy atom. The van der Waals surface area contributed by atoms with Gasteiger partial charge in [-0.1, -0.05) is 23.8 Å². The second-order valence-electron chi connectivity index (χ2n) is 6.15. The first-order chi connectivity index (χ1) is 9.15. The molecule has 0 bridgehead atoms. The fourth-order valence-electron chi connectivity index (χ4n) is 2.99. The van der Waals surface area contributed by atoms with E-state index in [4.69, 9.17) is 0 Å². The first kappa shape index (κ1) is 14.5. The number of benzene rings is 1. The van der Waals surface area contributed by atoms with Crippen LogP contribution in [0.2, 0.25) is 0 Å². The second-order valence-corrected chi connectivity index (χ2v) is 6.15. The molecule has 106 valence electrons. The minimum atomic E-state index is 0.845. The van der Waals surface area contributed by atoms with Crippen molar-refractivity contribution in [3.63, 3.8) is 0 Å². The number of rotatable bonds is 5. The molecule has 1 atom stereocenters. The highest BCUT2D eigenvalue weighted by Crippen LogP contribution is 2.14. The molecule has 0 spiro atoms. The fraction of sp³-hybridized carbons (Fsp3) is 0.647. The van der Waals surface area contributed by atoms with E-state index >= 15 is 0 Å². The Morgan fingerprint density at radius 3 is 2.89 bits per heavy atom. The van der Waals surface area contributed by atoms with Crippen LogP contribution in [0.15, 0.2) is 18.2 Å². The predicted octanol–water partition coefficient (Wildman–Crippen LogP) is 2.78. The van der Waals surface area contributed by atoms with Crippen LogP contribution >= 0.6 is 0 Å². The molecule has 1 aliphatic heterocycles. The van der Waals surface area contributed by atoms with Gasteiger partial charge in [0.05, 0.1) is 0 Å². The lowest BCUT2D eigenvalue weighted by molar-refractivity contribution is 0.245. The molecular weight excluding hydrogens is 232 g/mol. The second kappa shape index (κ2) is 7.06. The van der Waals surface area contributed by atoms with Crippen LogP contribution in [-0.4, -0.2) is 38.1 Å². The van der Waals surface area contributed by atoms with Gasteiger partial charge in [0.25, 0.3) is 0 Å². The van der Waals surface area contributed by atoms with Crippen molar-refractivity contribution >= 4 is 0 Å². The van der Waals surface area contributed by atoms with Crippen molar-refractivity contribution in [1.29, 1.82) is 0 Å². The monoisotopic (exact) mass is 260 g/mol. The van der Waals surface area contributed by atoms with Crippen molar-refractivity contribution in [2.45, 2.75) is 33.1 Å². The molecule has 1 aromatic rings. The normalized spacial score (nSPS) is 19.9. The molecule has 0 radical (unpaired) electrons. The molecule has 0 aliphatic carbocycles. The maximum Gasteiger partial charge on any atom is 0.00190 e. The summed E-state index contributed by atoms with van der Waals surface area (Å²) in [5, 5.41) is 3.50. The molecule has 0 amide bonds. The van der Waals surface area contributed by atoms with Crippen LogP contribution in [-0.2, 0) is 6.42 Å². The highest BCUT2D eigenvalue weighted by atomic mass is 15.1. The van der Waals surface area contributed by atoms with E-state index in [1.54, 1.807) is 0 Å². The number of aryl methyl sites for hydroxylation is 2. The highest BCUT2D eigenvalue weighted by Gasteiger charge is 2.14. The van der Waals surface area contributed by atoms with Crippen molar-refractivity contribution < 1.29 is 0 Å². The van der Waals surface area contributed by atoms with Gasteiger partial charge in [0.15, 0.2) is 0 Å². The Labute approximate surface area is 118 Å². The standard InChI is InChI=1S/C17H28N2/c1-14-6-7-15(2)17(11-14)8-10-19(3)13-16-5-4-9-18-12-16/h6-7,11,16,18H,4-5,8-10,12-13H2,1-3H3. The molecule has 2 rings (SSSR count). The van der Waals surface area contributed by atoms with E-state index in [9.17, 15) is 0 Å². The van der Waals surface area contributed by atoms with Crippen LogP contribution in [0.5, 0.6) is 0 Å². The van der Waals surface area contributed by atoms with E-state index < -0.39 is 0 Å². The molecule has 1 unspecified atom stereocenters. The quantitative estimate of drug-likeness (QED) is 0.876. The van der Waals surface area contributed by atoms with E-state index in [1.165, 1.54) is 62.1 Å². The lowest BCUT2D eigenvalue weighted by atomic mass is 9.98. The lowest BCUT2D eigenvalue weighted by Crippen LogP contribution is -2.37. The molecule has 2 heteroatoms. The molecule has 0 aromatic heterocycles. The van der Waals surface area contributed by atoms with Gasteiger partial charge in [-0.2, -0.15) is 0 Å². The zero-order valence-corrected chi connectivity index (χ0v) is 12.7. The maximum absolute atomic E-state index is 3.50. The van der Waals surface area contributed by atoms with Gasteiger partial charge in [-0.05, 0) is 70.3 Å². The zero-order chi connectivity index (χ0) is 13.7. The number of likely N-dealkylation sites (N-methyl/N-ethyl adjacent to an activating group) is 1. The number of nitrogens with zero attached hydrogens (tertiary/aromatic N) is 1. The van der Waals surface area contributed by atoms with Crippen LogP contribution in [0.25, 0.3) is 0 Å². The van der Waals surface area contributed by atoms with Crippen LogP contribution < -0.4 is 5.32 Å². The van der Waals surface area contributed by atoms with Gasteiger partial charge >= 0.3 is 0 Å². The summed E-state index contributed by atoms with van der Waals surface area (Å²) < 4.78 is 0. The third-order valence-electron chi connectivity index (χ3n) is 4.24. The molecular formula is C17H28N2. The minimum Gasteiger partial charge on any atom is -0.316 e. The number of nitrogens with one attached hydrogen (secondary N) is 1. The molecule has 1 aliphatic rings. The SMILES string of the molecule is Cc1ccc(C)c(CCN(C)CC2CCCNC2)c1. The first-order valence-corrected chi connectivity index (χ1v) is 7.60. The topological polar surface area (TPSA) is 15.3 Å². The number of hydrogen-bond acceptors (Lipinski definition) is 2. The maximum atomic E-state index is 3.50. The van der Waals surface area contributed by atoms with Gasteiger partial charge in [0.1, 0.15) is 0 Å². The molecule has 0 saturated carbocycles. The Hall–Kier alpha value is -0.860. The summed E-state index contributed by atoms with van der Waals surface area (Å²) in [4.78, 5) is 2.50. The van der Waals surface area contributed by atoms with Crippen molar-refractivity contribution in [3.8, 4) is 0 Å². The minimum absolute atomic E-state index is 0.845. The molecule has 1 N–H and O–H groups in total. The third-order valence-corrected chi connectivity index (χ3v) is 4.24. The van der Waals surface area contributed by atoms with E-state index in [0.717, 1.165) is 5.92 Å². The van der Waals surface area contributed by atoms with E-state index in [0.29, 0.717) is 0 Å². The predicted molar refractivity (Wildman–Crippen MR) is 82.7 cm³/mol.